The summed E-state index contributed by atoms with van der Waals surface area (Å²) in [5, 5.41) is 5.18. The van der Waals surface area contributed by atoms with Gasteiger partial charge in [-0.1, -0.05) is 0 Å². The summed E-state index contributed by atoms with van der Waals surface area (Å²) in [4.78, 5) is 19.9. The van der Waals surface area contributed by atoms with Crippen molar-refractivity contribution in [3.05, 3.63) is 48.7 Å². The van der Waals surface area contributed by atoms with Crippen molar-refractivity contribution in [2.75, 3.05) is 12.5 Å². The molecule has 3 aromatic rings. The molecule has 3 rings (SSSR count). The van der Waals surface area contributed by atoms with E-state index in [-0.39, 0.29) is 0 Å². The summed E-state index contributed by atoms with van der Waals surface area (Å²) < 4.78 is 16.9. The molecule has 0 saturated carbocycles. The highest BCUT2D eigenvalue weighted by Gasteiger charge is 2.09. The Kier molecular flexibility index (Phi) is 3.45. The lowest BCUT2D eigenvalue weighted by atomic mass is 10.1. The third kappa shape index (κ3) is 3.01. The van der Waals surface area contributed by atoms with E-state index in [0.29, 0.717) is 5.56 Å². The molecule has 1 aromatic carbocycles. The second-order valence-corrected chi connectivity index (χ2v) is 7.57. The molecule has 2 aromatic heterocycles. The molecule has 0 aliphatic heterocycles. The first-order valence-electron chi connectivity index (χ1n) is 6.39. The quantitative estimate of drug-likeness (QED) is 0.717. The first kappa shape index (κ1) is 14.3. The van der Waals surface area contributed by atoms with E-state index < -0.39 is 15.6 Å². The zero-order valence-electron chi connectivity index (χ0n) is 12.0. The minimum Gasteiger partial charge on any atom is -0.266 e. The van der Waals surface area contributed by atoms with Gasteiger partial charge in [-0.05, 0) is 18.2 Å². The highest BCUT2D eigenvalue weighted by atomic mass is 32.2. The maximum atomic E-state index is 12.0. The molecule has 0 radical (unpaired) electrons. The normalized spacial score (nSPS) is 11.5. The molecule has 0 aliphatic carbocycles. The number of carbonyl (C=O) groups excluding carboxylic acids is 1. The van der Waals surface area contributed by atoms with E-state index in [1.54, 1.807) is 41.5 Å². The minimum atomic E-state index is -2.47. The number of amides is 1. The SMILES string of the molecule is CS(C)(=O)=NC(=O)c1ccc2nn(-c3cncnc3)cc2c1. The highest BCUT2D eigenvalue weighted by molar-refractivity contribution is 7.92. The van der Waals surface area contributed by atoms with Crippen LogP contribution in [0.1, 0.15) is 10.4 Å². The molecule has 1 amide bonds. The molecule has 7 nitrogen and oxygen atoms in total. The smallest absolute Gasteiger partial charge is 0.266 e. The van der Waals surface area contributed by atoms with Crippen molar-refractivity contribution in [3.63, 3.8) is 0 Å². The fraction of sp³-hybridized carbons (Fsp3) is 0.143. The summed E-state index contributed by atoms with van der Waals surface area (Å²) in [5.41, 5.74) is 1.84. The summed E-state index contributed by atoms with van der Waals surface area (Å²) in [6.45, 7) is 0. The average molecular weight is 315 g/mol. The second kappa shape index (κ2) is 5.30. The van der Waals surface area contributed by atoms with E-state index in [4.69, 9.17) is 0 Å². The van der Waals surface area contributed by atoms with Crippen LogP contribution in [0.3, 0.4) is 0 Å². The van der Waals surface area contributed by atoms with Crippen molar-refractivity contribution in [2.45, 2.75) is 0 Å². The van der Waals surface area contributed by atoms with E-state index in [1.165, 1.54) is 18.8 Å². The van der Waals surface area contributed by atoms with Crippen LogP contribution in [0.15, 0.2) is 47.5 Å². The van der Waals surface area contributed by atoms with Crippen molar-refractivity contribution in [2.24, 2.45) is 4.36 Å². The first-order chi connectivity index (χ1) is 10.4. The molecule has 0 atom stereocenters. The topological polar surface area (TPSA) is 90.1 Å². The van der Waals surface area contributed by atoms with Gasteiger partial charge in [0.2, 0.25) is 0 Å². The lowest BCUT2D eigenvalue weighted by Crippen LogP contribution is -2.00. The molecule has 0 N–H and O–H groups in total. The third-order valence-electron chi connectivity index (χ3n) is 2.87. The van der Waals surface area contributed by atoms with Gasteiger partial charge < -0.3 is 0 Å². The number of nitrogens with zero attached hydrogens (tertiary/aromatic N) is 5. The Morgan fingerprint density at radius 2 is 1.95 bits per heavy atom. The molecule has 0 saturated heterocycles. The number of rotatable bonds is 2. The number of aromatic nitrogens is 4. The molecular weight excluding hydrogens is 302 g/mol. The van der Waals surface area contributed by atoms with Crippen LogP contribution in [0.2, 0.25) is 0 Å². The Hall–Kier alpha value is -2.61. The average Bonchev–Trinajstić information content (AvgIpc) is 2.89. The zero-order chi connectivity index (χ0) is 15.7. The lowest BCUT2D eigenvalue weighted by Gasteiger charge is -1.97. The van der Waals surface area contributed by atoms with Gasteiger partial charge in [-0.3, -0.25) is 4.79 Å². The summed E-state index contributed by atoms with van der Waals surface area (Å²) in [5.74, 6) is -0.493. The zero-order valence-corrected chi connectivity index (χ0v) is 12.8. The van der Waals surface area contributed by atoms with Crippen LogP contribution in [0.4, 0.5) is 0 Å². The van der Waals surface area contributed by atoms with E-state index in [9.17, 15) is 9.00 Å². The molecule has 0 unspecified atom stereocenters. The molecule has 112 valence electrons. The van der Waals surface area contributed by atoms with Crippen molar-refractivity contribution in [3.8, 4) is 5.69 Å². The Morgan fingerprint density at radius 3 is 2.64 bits per heavy atom. The fourth-order valence-corrected chi connectivity index (χ4v) is 2.46. The molecule has 0 bridgehead atoms. The van der Waals surface area contributed by atoms with Gasteiger partial charge in [-0.25, -0.2) is 18.9 Å². The maximum absolute atomic E-state index is 12.0. The summed E-state index contributed by atoms with van der Waals surface area (Å²) in [7, 11) is -2.47. The van der Waals surface area contributed by atoms with Gasteiger partial charge in [-0.15, -0.1) is 0 Å². The van der Waals surface area contributed by atoms with Crippen LogP contribution in [0.25, 0.3) is 16.6 Å². The van der Waals surface area contributed by atoms with Gasteiger partial charge in [-0.2, -0.15) is 9.46 Å². The summed E-state index contributed by atoms with van der Waals surface area (Å²) in [6.07, 6.45) is 9.36. The molecular formula is C14H13N5O2S. The molecule has 2 heterocycles. The van der Waals surface area contributed by atoms with E-state index in [0.717, 1.165) is 16.6 Å². The highest BCUT2D eigenvalue weighted by Crippen LogP contribution is 2.17. The second-order valence-electron chi connectivity index (χ2n) is 5.02. The monoisotopic (exact) mass is 315 g/mol. The Balaban J connectivity index is 2.05. The molecule has 22 heavy (non-hydrogen) atoms. The standard InChI is InChI=1S/C14H13N5O2S/c1-22(2,21)18-14(20)10-3-4-13-11(5-10)8-19(17-13)12-6-15-9-16-7-12/h3-9H,1-2H3. The minimum absolute atomic E-state index is 0.382. The van der Waals surface area contributed by atoms with Gasteiger partial charge in [0, 0.05) is 39.4 Å². The van der Waals surface area contributed by atoms with Gasteiger partial charge in [0.1, 0.15) is 12.0 Å². The molecule has 8 heteroatoms. The largest absolute Gasteiger partial charge is 0.285 e. The number of benzene rings is 1. The van der Waals surface area contributed by atoms with Crippen molar-refractivity contribution < 1.29 is 9.00 Å². The fourth-order valence-electron chi connectivity index (χ4n) is 1.95. The number of fused-ring (bicyclic) bond motifs is 1. The number of hydrogen-bond donors (Lipinski definition) is 0. The van der Waals surface area contributed by atoms with Crippen LogP contribution in [-0.2, 0) is 9.73 Å². The van der Waals surface area contributed by atoms with Gasteiger partial charge in [0.25, 0.3) is 5.91 Å². The van der Waals surface area contributed by atoms with Crippen LogP contribution >= 0.6 is 0 Å². The van der Waals surface area contributed by atoms with Gasteiger partial charge >= 0.3 is 0 Å². The predicted molar refractivity (Wildman–Crippen MR) is 83.4 cm³/mol. The third-order valence-corrected chi connectivity index (χ3v) is 3.47. The Morgan fingerprint density at radius 1 is 1.23 bits per heavy atom. The molecule has 0 aliphatic rings. The predicted octanol–water partition coefficient (Wildman–Crippen LogP) is 1.68. The number of carbonyl (C=O) groups is 1. The lowest BCUT2D eigenvalue weighted by molar-refractivity contribution is 0.100. The van der Waals surface area contributed by atoms with E-state index in [1.807, 2.05) is 0 Å². The van der Waals surface area contributed by atoms with Crippen molar-refractivity contribution in [1.29, 1.82) is 0 Å². The van der Waals surface area contributed by atoms with Crippen LogP contribution in [0, 0.1) is 0 Å². The Labute approximate surface area is 127 Å². The van der Waals surface area contributed by atoms with Gasteiger partial charge in [0.05, 0.1) is 17.9 Å². The van der Waals surface area contributed by atoms with Crippen LogP contribution < -0.4 is 0 Å². The van der Waals surface area contributed by atoms with Crippen LogP contribution in [-0.4, -0.2) is 42.4 Å². The van der Waals surface area contributed by atoms with Crippen molar-refractivity contribution >= 4 is 26.5 Å². The summed E-state index contributed by atoms with van der Waals surface area (Å²) >= 11 is 0. The van der Waals surface area contributed by atoms with Gasteiger partial charge in [0.15, 0.2) is 0 Å². The maximum Gasteiger partial charge on any atom is 0.285 e. The van der Waals surface area contributed by atoms with E-state index >= 15 is 0 Å². The van der Waals surface area contributed by atoms with Crippen LogP contribution in [0.5, 0.6) is 0 Å². The summed E-state index contributed by atoms with van der Waals surface area (Å²) in [6, 6.07) is 5.03. The molecule has 0 spiro atoms. The van der Waals surface area contributed by atoms with Crippen molar-refractivity contribution in [1.82, 2.24) is 19.7 Å². The van der Waals surface area contributed by atoms with E-state index in [2.05, 4.69) is 19.4 Å². The number of hydrogen-bond acceptors (Lipinski definition) is 5. The molecule has 0 fully saturated rings. The first-order valence-corrected chi connectivity index (χ1v) is 8.72. The Bertz CT molecular complexity index is 963.